The van der Waals surface area contributed by atoms with Crippen molar-refractivity contribution in [2.45, 2.75) is 90.1 Å². The lowest BCUT2D eigenvalue weighted by molar-refractivity contribution is 0.0954. The highest BCUT2D eigenvalue weighted by atomic mass is 16.2. The molecule has 4 rings (SSSR count). The highest BCUT2D eigenvalue weighted by Crippen LogP contribution is 2.20. The molecule has 0 radical (unpaired) electrons. The van der Waals surface area contributed by atoms with Gasteiger partial charge in [0, 0.05) is 30.9 Å². The van der Waals surface area contributed by atoms with Crippen molar-refractivity contribution < 1.29 is 4.79 Å². The van der Waals surface area contributed by atoms with Gasteiger partial charge in [-0.1, -0.05) is 81.3 Å². The van der Waals surface area contributed by atoms with Crippen LogP contribution in [-0.4, -0.2) is 23.1 Å². The summed E-state index contributed by atoms with van der Waals surface area (Å²) in [6.45, 7) is 2.99. The van der Waals surface area contributed by atoms with Crippen LogP contribution >= 0.6 is 0 Å². The van der Waals surface area contributed by atoms with Crippen molar-refractivity contribution in [1.82, 2.24) is 10.3 Å². The molecule has 0 bridgehead atoms. The Balaban J connectivity index is 1.28. The number of rotatable bonds is 4. The fourth-order valence-corrected chi connectivity index (χ4v) is 5.04. The second kappa shape index (κ2) is 12.7. The summed E-state index contributed by atoms with van der Waals surface area (Å²) in [7, 11) is 0. The van der Waals surface area contributed by atoms with Crippen LogP contribution in [0, 0.1) is 0 Å². The van der Waals surface area contributed by atoms with Gasteiger partial charge in [-0.3, -0.25) is 9.69 Å². The minimum absolute atomic E-state index is 0.105. The van der Waals surface area contributed by atoms with Crippen LogP contribution in [0.5, 0.6) is 0 Å². The molecule has 33 heavy (non-hydrogen) atoms. The molecular formula is C29H39N3O. The molecule has 1 aliphatic carbocycles. The standard InChI is InChI=1S/C29H39N3O/c33-29(31-30-28-14-8-6-4-2-1-3-5-7-9-15-28)26-18-16-24(17-19-26)22-32-21-20-25-12-10-11-13-27(25)23-32/h10-13,16-19H,1-9,14-15,20-23H2,(H,31,33). The molecule has 0 unspecified atom stereocenters. The monoisotopic (exact) mass is 445 g/mol. The Labute approximate surface area is 199 Å². The number of benzene rings is 2. The molecule has 1 aliphatic heterocycles. The van der Waals surface area contributed by atoms with E-state index in [2.05, 4.69) is 51.8 Å². The number of nitrogens with zero attached hydrogens (tertiary/aromatic N) is 2. The highest BCUT2D eigenvalue weighted by Gasteiger charge is 2.16. The van der Waals surface area contributed by atoms with E-state index in [1.54, 1.807) is 0 Å². The fraction of sp³-hybridized carbons (Fsp3) is 0.517. The number of hydrogen-bond acceptors (Lipinski definition) is 3. The summed E-state index contributed by atoms with van der Waals surface area (Å²) in [6.07, 6.45) is 14.8. The maximum Gasteiger partial charge on any atom is 0.271 e. The smallest absolute Gasteiger partial charge is 0.271 e. The summed E-state index contributed by atoms with van der Waals surface area (Å²) in [5.41, 5.74) is 8.83. The van der Waals surface area contributed by atoms with E-state index < -0.39 is 0 Å². The summed E-state index contributed by atoms with van der Waals surface area (Å²) in [4.78, 5) is 15.2. The van der Waals surface area contributed by atoms with E-state index in [0.29, 0.717) is 5.56 Å². The number of fused-ring (bicyclic) bond motifs is 1. The minimum Gasteiger partial charge on any atom is -0.294 e. The van der Waals surface area contributed by atoms with Gasteiger partial charge in [0.1, 0.15) is 0 Å². The second-order valence-corrected chi connectivity index (χ2v) is 9.73. The largest absolute Gasteiger partial charge is 0.294 e. The first-order valence-electron chi connectivity index (χ1n) is 13.0. The van der Waals surface area contributed by atoms with Crippen LogP contribution in [0.2, 0.25) is 0 Å². The zero-order valence-corrected chi connectivity index (χ0v) is 20.0. The van der Waals surface area contributed by atoms with Gasteiger partial charge >= 0.3 is 0 Å². The average Bonchev–Trinajstić information content (AvgIpc) is 2.84. The molecule has 1 fully saturated rings. The zero-order valence-electron chi connectivity index (χ0n) is 20.0. The van der Waals surface area contributed by atoms with Crippen molar-refractivity contribution in [3.8, 4) is 0 Å². The molecule has 1 saturated carbocycles. The molecule has 0 saturated heterocycles. The lowest BCUT2D eigenvalue weighted by atomic mass is 9.99. The first-order chi connectivity index (χ1) is 16.3. The average molecular weight is 446 g/mol. The molecule has 1 heterocycles. The van der Waals surface area contributed by atoms with Crippen molar-refractivity contribution in [1.29, 1.82) is 0 Å². The van der Waals surface area contributed by atoms with Gasteiger partial charge in [-0.25, -0.2) is 5.43 Å². The summed E-state index contributed by atoms with van der Waals surface area (Å²) in [5.74, 6) is -0.105. The Hall–Kier alpha value is -2.46. The number of hydrazone groups is 1. The summed E-state index contributed by atoms with van der Waals surface area (Å²) in [5, 5.41) is 4.53. The van der Waals surface area contributed by atoms with Crippen LogP contribution in [0.3, 0.4) is 0 Å². The topological polar surface area (TPSA) is 44.7 Å². The van der Waals surface area contributed by atoms with Crippen molar-refractivity contribution in [3.63, 3.8) is 0 Å². The molecule has 1 N–H and O–H groups in total. The van der Waals surface area contributed by atoms with Crippen LogP contribution in [-0.2, 0) is 19.5 Å². The van der Waals surface area contributed by atoms with Gasteiger partial charge in [0.05, 0.1) is 0 Å². The molecule has 4 heteroatoms. The molecular weight excluding hydrogens is 406 g/mol. The van der Waals surface area contributed by atoms with Crippen LogP contribution in [0.15, 0.2) is 53.6 Å². The number of hydrogen-bond donors (Lipinski definition) is 1. The zero-order chi connectivity index (χ0) is 22.7. The number of nitrogens with one attached hydrogen (secondary N) is 1. The lowest BCUT2D eigenvalue weighted by Crippen LogP contribution is -2.30. The van der Waals surface area contributed by atoms with Crippen LogP contribution in [0.25, 0.3) is 0 Å². The van der Waals surface area contributed by atoms with Gasteiger partial charge in [0.25, 0.3) is 5.91 Å². The Bertz CT molecular complexity index is 905. The summed E-state index contributed by atoms with van der Waals surface area (Å²) >= 11 is 0. The van der Waals surface area contributed by atoms with Gasteiger partial charge < -0.3 is 0 Å². The van der Waals surface area contributed by atoms with Crippen LogP contribution < -0.4 is 5.43 Å². The van der Waals surface area contributed by atoms with Gasteiger partial charge in [0.15, 0.2) is 0 Å². The normalized spacial score (nSPS) is 18.5. The second-order valence-electron chi connectivity index (χ2n) is 9.73. The first kappa shape index (κ1) is 23.7. The van der Waals surface area contributed by atoms with Crippen LogP contribution in [0.1, 0.15) is 97.7 Å². The van der Waals surface area contributed by atoms with Gasteiger partial charge in [-0.05, 0) is 60.9 Å². The fourth-order valence-electron chi connectivity index (χ4n) is 5.04. The molecule has 176 valence electrons. The van der Waals surface area contributed by atoms with E-state index in [-0.39, 0.29) is 5.91 Å². The van der Waals surface area contributed by atoms with E-state index in [9.17, 15) is 4.79 Å². The summed E-state index contributed by atoms with van der Waals surface area (Å²) in [6, 6.07) is 16.8. The molecule has 2 aromatic rings. The molecule has 2 aliphatic rings. The van der Waals surface area contributed by atoms with E-state index in [0.717, 1.165) is 44.6 Å². The Morgan fingerprint density at radius 1 is 0.758 bits per heavy atom. The molecule has 0 aromatic heterocycles. The maximum absolute atomic E-state index is 12.7. The molecule has 4 nitrogen and oxygen atoms in total. The first-order valence-corrected chi connectivity index (χ1v) is 13.0. The third-order valence-electron chi connectivity index (χ3n) is 7.08. The highest BCUT2D eigenvalue weighted by molar-refractivity contribution is 5.95. The van der Waals surface area contributed by atoms with Crippen LogP contribution in [0.4, 0.5) is 0 Å². The quantitative estimate of drug-likeness (QED) is 0.536. The Kier molecular flexibility index (Phi) is 9.11. The van der Waals surface area contributed by atoms with Crippen molar-refractivity contribution >= 4 is 11.6 Å². The van der Waals surface area contributed by atoms with E-state index >= 15 is 0 Å². The van der Waals surface area contributed by atoms with E-state index in [1.807, 2.05) is 12.1 Å². The van der Waals surface area contributed by atoms with Gasteiger partial charge in [-0.15, -0.1) is 0 Å². The van der Waals surface area contributed by atoms with Crippen molar-refractivity contribution in [2.75, 3.05) is 6.54 Å². The molecule has 0 atom stereocenters. The van der Waals surface area contributed by atoms with Crippen molar-refractivity contribution in [3.05, 3.63) is 70.8 Å². The SMILES string of the molecule is O=C(NN=C1CCCCCCCCCCC1)c1ccc(CN2CCc3ccccc3C2)cc1. The number of carbonyl (C=O) groups excluding carboxylic acids is 1. The van der Waals surface area contributed by atoms with Crippen molar-refractivity contribution in [2.24, 2.45) is 5.10 Å². The predicted octanol–water partition coefficient (Wildman–Crippen LogP) is 6.64. The molecule has 1 amide bonds. The lowest BCUT2D eigenvalue weighted by Gasteiger charge is -2.28. The summed E-state index contributed by atoms with van der Waals surface area (Å²) < 4.78 is 0. The van der Waals surface area contributed by atoms with E-state index in [4.69, 9.17) is 0 Å². The van der Waals surface area contributed by atoms with Gasteiger partial charge in [0.2, 0.25) is 0 Å². The number of amides is 1. The minimum atomic E-state index is -0.105. The molecule has 0 spiro atoms. The van der Waals surface area contributed by atoms with E-state index in [1.165, 1.54) is 74.5 Å². The number of carbonyl (C=O) groups is 1. The predicted molar refractivity (Wildman–Crippen MR) is 136 cm³/mol. The maximum atomic E-state index is 12.7. The third-order valence-corrected chi connectivity index (χ3v) is 7.08. The molecule has 2 aromatic carbocycles. The Morgan fingerprint density at radius 2 is 1.36 bits per heavy atom. The Morgan fingerprint density at radius 3 is 2.03 bits per heavy atom. The van der Waals surface area contributed by atoms with Gasteiger partial charge in [-0.2, -0.15) is 5.10 Å². The third kappa shape index (κ3) is 7.53.